The first kappa shape index (κ1) is 13.1. The Hall–Kier alpha value is -2.36. The molecule has 0 aliphatic heterocycles. The number of nitrogens with zero attached hydrogens (tertiary/aromatic N) is 1. The highest BCUT2D eigenvalue weighted by Gasteiger charge is 2.14. The molecule has 0 radical (unpaired) electrons. The molecule has 4 heteroatoms. The molecule has 0 amide bonds. The third-order valence-electron chi connectivity index (χ3n) is 2.67. The molecule has 2 rings (SSSR count). The number of hydrogen-bond acceptors (Lipinski definition) is 4. The van der Waals surface area contributed by atoms with Gasteiger partial charge in [-0.2, -0.15) is 0 Å². The van der Waals surface area contributed by atoms with Gasteiger partial charge in [-0.3, -0.25) is 9.78 Å². The number of aromatic nitrogens is 1. The highest BCUT2D eigenvalue weighted by Crippen LogP contribution is 2.31. The zero-order valence-electron chi connectivity index (χ0n) is 10.9. The second-order valence-electron chi connectivity index (χ2n) is 4.00. The summed E-state index contributed by atoms with van der Waals surface area (Å²) < 4.78 is 10.9. The van der Waals surface area contributed by atoms with Crippen LogP contribution in [0.3, 0.4) is 0 Å². The smallest absolute Gasteiger partial charge is 0.172 e. The molecule has 19 heavy (non-hydrogen) atoms. The van der Waals surface area contributed by atoms with Gasteiger partial charge in [0.1, 0.15) is 6.61 Å². The van der Waals surface area contributed by atoms with Crippen molar-refractivity contribution in [3.05, 3.63) is 53.9 Å². The summed E-state index contributed by atoms with van der Waals surface area (Å²) in [6.07, 6.45) is 1.70. The van der Waals surface area contributed by atoms with E-state index >= 15 is 0 Å². The topological polar surface area (TPSA) is 48.4 Å². The normalized spacial score (nSPS) is 10.0. The summed E-state index contributed by atoms with van der Waals surface area (Å²) in [6.45, 7) is 1.80. The Morgan fingerprint density at radius 1 is 1.21 bits per heavy atom. The lowest BCUT2D eigenvalue weighted by Gasteiger charge is -2.13. The minimum Gasteiger partial charge on any atom is -0.493 e. The molecule has 0 saturated carbocycles. The van der Waals surface area contributed by atoms with Crippen molar-refractivity contribution in [3.63, 3.8) is 0 Å². The third kappa shape index (κ3) is 3.10. The lowest BCUT2D eigenvalue weighted by Crippen LogP contribution is -2.04. The van der Waals surface area contributed by atoms with Gasteiger partial charge < -0.3 is 9.47 Å². The van der Waals surface area contributed by atoms with Crippen LogP contribution in [0.2, 0.25) is 0 Å². The standard InChI is InChI=1S/C15H15NO3/c1-11(17)13-7-5-8-14(18-2)15(13)19-10-12-6-3-4-9-16-12/h3-9H,10H2,1-2H3. The number of benzene rings is 1. The molecule has 0 atom stereocenters. The third-order valence-corrected chi connectivity index (χ3v) is 2.67. The quantitative estimate of drug-likeness (QED) is 0.773. The Bertz CT molecular complexity index is 567. The molecule has 0 aliphatic carbocycles. The number of rotatable bonds is 5. The van der Waals surface area contributed by atoms with Crippen LogP contribution >= 0.6 is 0 Å². The molecule has 2 aromatic rings. The molecule has 0 fully saturated rings. The highest BCUT2D eigenvalue weighted by molar-refractivity contribution is 5.97. The van der Waals surface area contributed by atoms with Crippen molar-refractivity contribution < 1.29 is 14.3 Å². The monoisotopic (exact) mass is 257 g/mol. The Kier molecular flexibility index (Phi) is 4.13. The first-order chi connectivity index (χ1) is 9.22. The van der Waals surface area contributed by atoms with E-state index in [1.165, 1.54) is 6.92 Å². The molecule has 1 heterocycles. The summed E-state index contributed by atoms with van der Waals surface area (Å²) in [5.41, 5.74) is 1.30. The van der Waals surface area contributed by atoms with Gasteiger partial charge in [-0.15, -0.1) is 0 Å². The number of para-hydroxylation sites is 1. The van der Waals surface area contributed by atoms with Crippen molar-refractivity contribution >= 4 is 5.78 Å². The maximum absolute atomic E-state index is 11.6. The highest BCUT2D eigenvalue weighted by atomic mass is 16.5. The first-order valence-electron chi connectivity index (χ1n) is 5.93. The molecular formula is C15H15NO3. The van der Waals surface area contributed by atoms with E-state index in [1.54, 1.807) is 31.5 Å². The summed E-state index contributed by atoms with van der Waals surface area (Å²) >= 11 is 0. The van der Waals surface area contributed by atoms with Gasteiger partial charge in [0.05, 0.1) is 18.4 Å². The number of ketones is 1. The van der Waals surface area contributed by atoms with Gasteiger partial charge in [0.15, 0.2) is 17.3 Å². The number of pyridine rings is 1. The summed E-state index contributed by atoms with van der Waals surface area (Å²) in [7, 11) is 1.55. The number of ether oxygens (including phenoxy) is 2. The number of methoxy groups -OCH3 is 1. The molecule has 0 N–H and O–H groups in total. The summed E-state index contributed by atoms with van der Waals surface area (Å²) in [4.78, 5) is 15.8. The van der Waals surface area contributed by atoms with E-state index in [2.05, 4.69) is 4.98 Å². The van der Waals surface area contributed by atoms with Crippen molar-refractivity contribution in [2.24, 2.45) is 0 Å². The molecule has 1 aromatic carbocycles. The van der Waals surface area contributed by atoms with E-state index in [4.69, 9.17) is 9.47 Å². The van der Waals surface area contributed by atoms with Crippen molar-refractivity contribution in [2.45, 2.75) is 13.5 Å². The Balaban J connectivity index is 2.25. The summed E-state index contributed by atoms with van der Waals surface area (Å²) in [5.74, 6) is 0.946. The fourth-order valence-electron chi connectivity index (χ4n) is 1.73. The second-order valence-corrected chi connectivity index (χ2v) is 4.00. The van der Waals surface area contributed by atoms with E-state index in [-0.39, 0.29) is 5.78 Å². The van der Waals surface area contributed by atoms with Crippen LogP contribution in [0.4, 0.5) is 0 Å². The van der Waals surface area contributed by atoms with Crippen LogP contribution in [-0.2, 0) is 6.61 Å². The van der Waals surface area contributed by atoms with Crippen molar-refractivity contribution in [3.8, 4) is 11.5 Å². The van der Waals surface area contributed by atoms with Crippen molar-refractivity contribution in [1.82, 2.24) is 4.98 Å². The van der Waals surface area contributed by atoms with Crippen molar-refractivity contribution in [1.29, 1.82) is 0 Å². The van der Waals surface area contributed by atoms with Gasteiger partial charge in [-0.25, -0.2) is 0 Å². The Morgan fingerprint density at radius 3 is 2.68 bits per heavy atom. The average molecular weight is 257 g/mol. The zero-order chi connectivity index (χ0) is 13.7. The summed E-state index contributed by atoms with van der Waals surface area (Å²) in [6, 6.07) is 10.8. The predicted octanol–water partition coefficient (Wildman–Crippen LogP) is 2.87. The van der Waals surface area contributed by atoms with Crippen LogP contribution in [-0.4, -0.2) is 17.9 Å². The molecule has 0 aliphatic rings. The molecule has 0 unspecified atom stereocenters. The second kappa shape index (κ2) is 6.00. The molecule has 0 spiro atoms. The molecule has 1 aromatic heterocycles. The number of carbonyl (C=O) groups is 1. The molecule has 0 saturated heterocycles. The number of carbonyl (C=O) groups excluding carboxylic acids is 1. The van der Waals surface area contributed by atoms with E-state index in [9.17, 15) is 4.79 Å². The van der Waals surface area contributed by atoms with Crippen LogP contribution in [0.5, 0.6) is 11.5 Å². The van der Waals surface area contributed by atoms with Crippen LogP contribution < -0.4 is 9.47 Å². The van der Waals surface area contributed by atoms with Crippen LogP contribution in [0.25, 0.3) is 0 Å². The van der Waals surface area contributed by atoms with Gasteiger partial charge in [0.25, 0.3) is 0 Å². The van der Waals surface area contributed by atoms with E-state index < -0.39 is 0 Å². The average Bonchev–Trinajstić information content (AvgIpc) is 2.45. The summed E-state index contributed by atoms with van der Waals surface area (Å²) in [5, 5.41) is 0. The van der Waals surface area contributed by atoms with E-state index in [0.29, 0.717) is 23.7 Å². The Morgan fingerprint density at radius 2 is 2.05 bits per heavy atom. The van der Waals surface area contributed by atoms with Gasteiger partial charge >= 0.3 is 0 Å². The molecular weight excluding hydrogens is 242 g/mol. The minimum atomic E-state index is -0.0603. The number of Topliss-reactive ketones (excluding diaryl/α,β-unsaturated/α-hetero) is 1. The lowest BCUT2D eigenvalue weighted by atomic mass is 10.1. The largest absolute Gasteiger partial charge is 0.493 e. The molecule has 0 bridgehead atoms. The molecule has 4 nitrogen and oxygen atoms in total. The number of hydrogen-bond donors (Lipinski definition) is 0. The minimum absolute atomic E-state index is 0.0603. The fraction of sp³-hybridized carbons (Fsp3) is 0.200. The predicted molar refractivity (Wildman–Crippen MR) is 71.6 cm³/mol. The lowest BCUT2D eigenvalue weighted by molar-refractivity contribution is 0.101. The van der Waals surface area contributed by atoms with E-state index in [0.717, 1.165) is 5.69 Å². The van der Waals surface area contributed by atoms with Crippen LogP contribution in [0.15, 0.2) is 42.6 Å². The molecule has 98 valence electrons. The zero-order valence-corrected chi connectivity index (χ0v) is 10.9. The fourth-order valence-corrected chi connectivity index (χ4v) is 1.73. The SMILES string of the molecule is COc1cccc(C(C)=O)c1OCc1ccccn1. The van der Waals surface area contributed by atoms with Gasteiger partial charge in [-0.1, -0.05) is 12.1 Å². The van der Waals surface area contributed by atoms with Crippen molar-refractivity contribution in [2.75, 3.05) is 7.11 Å². The van der Waals surface area contributed by atoms with Crippen LogP contribution in [0, 0.1) is 0 Å². The van der Waals surface area contributed by atoms with Gasteiger partial charge in [0.2, 0.25) is 0 Å². The maximum Gasteiger partial charge on any atom is 0.172 e. The van der Waals surface area contributed by atoms with E-state index in [1.807, 2.05) is 18.2 Å². The Labute approximate surface area is 112 Å². The maximum atomic E-state index is 11.6. The first-order valence-corrected chi connectivity index (χ1v) is 5.93. The van der Waals surface area contributed by atoms with Gasteiger partial charge in [-0.05, 0) is 31.2 Å². The van der Waals surface area contributed by atoms with Gasteiger partial charge in [0, 0.05) is 6.20 Å². The van der Waals surface area contributed by atoms with Crippen LogP contribution in [0.1, 0.15) is 23.0 Å².